The molecule has 0 heterocycles. The molecule has 0 saturated heterocycles. The van der Waals surface area contributed by atoms with Gasteiger partial charge in [-0.05, 0) is 42.3 Å². The normalized spacial score (nSPS) is 12.1. The van der Waals surface area contributed by atoms with Crippen LogP contribution in [-0.2, 0) is 21.2 Å². The molecule has 0 radical (unpaired) electrons. The van der Waals surface area contributed by atoms with Crippen LogP contribution in [0.3, 0.4) is 0 Å². The quantitative estimate of drug-likeness (QED) is 0.470. The van der Waals surface area contributed by atoms with Crippen molar-refractivity contribution < 1.29 is 27.1 Å². The fourth-order valence-electron chi connectivity index (χ4n) is 3.08. The van der Waals surface area contributed by atoms with E-state index in [4.69, 9.17) is 21.1 Å². The van der Waals surface area contributed by atoms with Gasteiger partial charge in [-0.15, -0.1) is 0 Å². The summed E-state index contributed by atoms with van der Waals surface area (Å²) in [5.41, 5.74) is 0.972. The standard InChI is InChI=1S/C23H22ClFN2O5S/c1-31-21-11-9-17(14-22(21)32-2)33(29,30)27-20(12-15-6-4-3-5-7-15)23(28)26-16-8-10-19(25)18(24)13-16/h3-11,13-14,20,27H,12H2,1-2H3,(H,26,28)/t20-/m0/s1. The Morgan fingerprint density at radius 1 is 1.00 bits per heavy atom. The molecule has 0 bridgehead atoms. The molecule has 3 aromatic carbocycles. The Morgan fingerprint density at radius 2 is 1.70 bits per heavy atom. The second-order valence-corrected chi connectivity index (χ2v) is 9.12. The van der Waals surface area contributed by atoms with Crippen LogP contribution in [0.5, 0.6) is 11.5 Å². The van der Waals surface area contributed by atoms with Crippen LogP contribution in [0.2, 0.25) is 5.02 Å². The highest BCUT2D eigenvalue weighted by molar-refractivity contribution is 7.89. The van der Waals surface area contributed by atoms with E-state index in [1.54, 1.807) is 24.3 Å². The van der Waals surface area contributed by atoms with E-state index in [1.807, 2.05) is 6.07 Å². The molecule has 0 fully saturated rings. The lowest BCUT2D eigenvalue weighted by atomic mass is 10.1. The molecule has 0 saturated carbocycles. The Kier molecular flexibility index (Phi) is 7.91. The number of rotatable bonds is 9. The zero-order valence-corrected chi connectivity index (χ0v) is 19.4. The Morgan fingerprint density at radius 3 is 2.33 bits per heavy atom. The molecule has 1 amide bonds. The summed E-state index contributed by atoms with van der Waals surface area (Å²) in [5, 5.41) is 2.42. The first kappa shape index (κ1) is 24.5. The summed E-state index contributed by atoms with van der Waals surface area (Å²) in [4.78, 5) is 12.9. The summed E-state index contributed by atoms with van der Waals surface area (Å²) in [5.74, 6) is -0.677. The average molecular weight is 493 g/mol. The summed E-state index contributed by atoms with van der Waals surface area (Å²) >= 11 is 5.79. The summed E-state index contributed by atoms with van der Waals surface area (Å²) in [7, 11) is -1.30. The van der Waals surface area contributed by atoms with Crippen LogP contribution in [0, 0.1) is 5.82 Å². The van der Waals surface area contributed by atoms with Gasteiger partial charge >= 0.3 is 0 Å². The van der Waals surface area contributed by atoms with E-state index in [9.17, 15) is 17.6 Å². The molecule has 0 unspecified atom stereocenters. The van der Waals surface area contributed by atoms with E-state index in [0.717, 1.165) is 11.6 Å². The topological polar surface area (TPSA) is 93.7 Å². The highest BCUT2D eigenvalue weighted by Crippen LogP contribution is 2.29. The second kappa shape index (κ2) is 10.7. The number of methoxy groups -OCH3 is 2. The molecule has 0 aromatic heterocycles. The van der Waals surface area contributed by atoms with Crippen molar-refractivity contribution in [1.29, 1.82) is 0 Å². The zero-order valence-electron chi connectivity index (χ0n) is 17.8. The Hall–Kier alpha value is -3.14. The minimum Gasteiger partial charge on any atom is -0.493 e. The molecule has 2 N–H and O–H groups in total. The van der Waals surface area contributed by atoms with Crippen LogP contribution in [0.1, 0.15) is 5.56 Å². The van der Waals surface area contributed by atoms with Gasteiger partial charge in [-0.25, -0.2) is 12.8 Å². The van der Waals surface area contributed by atoms with Gasteiger partial charge in [-0.2, -0.15) is 4.72 Å². The smallest absolute Gasteiger partial charge is 0.242 e. The molecule has 0 aliphatic carbocycles. The van der Waals surface area contributed by atoms with Crippen LogP contribution in [0.15, 0.2) is 71.6 Å². The molecule has 1 atom stereocenters. The minimum absolute atomic E-state index is 0.0775. The van der Waals surface area contributed by atoms with Crippen LogP contribution < -0.4 is 19.5 Å². The van der Waals surface area contributed by atoms with Crippen molar-refractivity contribution in [2.24, 2.45) is 0 Å². The van der Waals surface area contributed by atoms with Crippen LogP contribution in [-0.4, -0.2) is 34.6 Å². The van der Waals surface area contributed by atoms with Crippen LogP contribution in [0.25, 0.3) is 0 Å². The molecule has 7 nitrogen and oxygen atoms in total. The molecule has 0 aliphatic heterocycles. The van der Waals surface area contributed by atoms with E-state index >= 15 is 0 Å². The van der Waals surface area contributed by atoms with Crippen LogP contribution >= 0.6 is 11.6 Å². The summed E-state index contributed by atoms with van der Waals surface area (Å²) < 4.78 is 52.4. The van der Waals surface area contributed by atoms with Crippen LogP contribution in [0.4, 0.5) is 10.1 Å². The Bertz CT molecular complexity index is 1240. The minimum atomic E-state index is -4.12. The maximum absolute atomic E-state index is 13.5. The molecule has 3 rings (SSSR count). The number of hydrogen-bond donors (Lipinski definition) is 2. The third-order valence-electron chi connectivity index (χ3n) is 4.75. The molecule has 0 spiro atoms. The van der Waals surface area contributed by atoms with Gasteiger partial charge < -0.3 is 14.8 Å². The summed E-state index contributed by atoms with van der Waals surface area (Å²) in [6.07, 6.45) is 0.0775. The number of ether oxygens (including phenoxy) is 2. The SMILES string of the molecule is COc1ccc(S(=O)(=O)N[C@@H](Cc2ccccc2)C(=O)Nc2ccc(F)c(Cl)c2)cc1OC. The number of amides is 1. The first-order valence-corrected chi connectivity index (χ1v) is 11.6. The summed E-state index contributed by atoms with van der Waals surface area (Å²) in [6.45, 7) is 0. The number of carbonyl (C=O) groups is 1. The van der Waals surface area contributed by atoms with Crippen molar-refractivity contribution in [2.75, 3.05) is 19.5 Å². The van der Waals surface area contributed by atoms with E-state index in [0.29, 0.717) is 5.75 Å². The first-order chi connectivity index (χ1) is 15.7. The Labute approximate surface area is 196 Å². The number of sulfonamides is 1. The van der Waals surface area contributed by atoms with Crippen molar-refractivity contribution in [2.45, 2.75) is 17.4 Å². The lowest BCUT2D eigenvalue weighted by Crippen LogP contribution is -2.45. The third kappa shape index (κ3) is 6.22. The molecular formula is C23H22ClFN2O5S. The lowest BCUT2D eigenvalue weighted by Gasteiger charge is -2.19. The van der Waals surface area contributed by atoms with Crippen molar-refractivity contribution in [3.63, 3.8) is 0 Å². The van der Waals surface area contributed by atoms with Gasteiger partial charge in [-0.1, -0.05) is 41.9 Å². The van der Waals surface area contributed by atoms with Gasteiger partial charge in [0.1, 0.15) is 11.9 Å². The van der Waals surface area contributed by atoms with Gasteiger partial charge in [-0.3, -0.25) is 4.79 Å². The predicted octanol–water partition coefficient (Wildman–Crippen LogP) is 4.02. The highest BCUT2D eigenvalue weighted by atomic mass is 35.5. The molecule has 33 heavy (non-hydrogen) atoms. The third-order valence-corrected chi connectivity index (χ3v) is 6.51. The fourth-order valence-corrected chi connectivity index (χ4v) is 4.47. The van der Waals surface area contributed by atoms with Crippen molar-refractivity contribution in [1.82, 2.24) is 4.72 Å². The van der Waals surface area contributed by atoms with Crippen molar-refractivity contribution in [3.8, 4) is 11.5 Å². The zero-order chi connectivity index (χ0) is 24.0. The largest absolute Gasteiger partial charge is 0.493 e. The monoisotopic (exact) mass is 492 g/mol. The molecule has 174 valence electrons. The summed E-state index contributed by atoms with van der Waals surface area (Å²) in [6, 6.07) is 15.6. The second-order valence-electron chi connectivity index (χ2n) is 7.00. The van der Waals surface area contributed by atoms with E-state index in [1.165, 1.54) is 44.6 Å². The van der Waals surface area contributed by atoms with Gasteiger partial charge in [0.2, 0.25) is 15.9 Å². The maximum Gasteiger partial charge on any atom is 0.242 e. The number of anilines is 1. The highest BCUT2D eigenvalue weighted by Gasteiger charge is 2.27. The average Bonchev–Trinajstić information content (AvgIpc) is 2.81. The van der Waals surface area contributed by atoms with E-state index in [-0.39, 0.29) is 27.8 Å². The fraction of sp³-hybridized carbons (Fsp3) is 0.174. The number of carbonyl (C=O) groups excluding carboxylic acids is 1. The predicted molar refractivity (Wildman–Crippen MR) is 124 cm³/mol. The molecule has 10 heteroatoms. The molecular weight excluding hydrogens is 471 g/mol. The number of nitrogens with one attached hydrogen (secondary N) is 2. The van der Waals surface area contributed by atoms with E-state index < -0.39 is 27.8 Å². The molecule has 0 aliphatic rings. The Balaban J connectivity index is 1.90. The van der Waals surface area contributed by atoms with Gasteiger partial charge in [0.25, 0.3) is 0 Å². The van der Waals surface area contributed by atoms with Gasteiger partial charge in [0.05, 0.1) is 24.1 Å². The lowest BCUT2D eigenvalue weighted by molar-refractivity contribution is -0.117. The number of hydrogen-bond acceptors (Lipinski definition) is 5. The van der Waals surface area contributed by atoms with E-state index in [2.05, 4.69) is 10.0 Å². The number of halogens is 2. The molecule has 3 aromatic rings. The van der Waals surface area contributed by atoms with Gasteiger partial charge in [0.15, 0.2) is 11.5 Å². The van der Waals surface area contributed by atoms with Gasteiger partial charge in [0, 0.05) is 11.8 Å². The first-order valence-electron chi connectivity index (χ1n) is 9.77. The number of benzene rings is 3. The van der Waals surface area contributed by atoms with Crippen molar-refractivity contribution in [3.05, 3.63) is 83.1 Å². The van der Waals surface area contributed by atoms with Crippen molar-refractivity contribution >= 4 is 33.2 Å². The maximum atomic E-state index is 13.5.